The third-order valence-electron chi connectivity index (χ3n) is 5.14. The first kappa shape index (κ1) is 18.5. The second-order valence-corrected chi connectivity index (χ2v) is 8.72. The van der Waals surface area contributed by atoms with Crippen LogP contribution < -0.4 is 5.32 Å². The summed E-state index contributed by atoms with van der Waals surface area (Å²) in [7, 11) is 0. The lowest BCUT2D eigenvalue weighted by Crippen LogP contribution is -2.44. The van der Waals surface area contributed by atoms with Crippen LogP contribution in [0.15, 0.2) is 0 Å². The minimum absolute atomic E-state index is 0.205. The summed E-state index contributed by atoms with van der Waals surface area (Å²) in [5.41, 5.74) is -0.0364. The lowest BCUT2D eigenvalue weighted by Gasteiger charge is -2.41. The van der Waals surface area contributed by atoms with Gasteiger partial charge in [-0.3, -0.25) is 4.79 Å². The zero-order valence-electron chi connectivity index (χ0n) is 15.2. The molecule has 124 valence electrons. The average Bonchev–Trinajstić information content (AvgIpc) is 2.24. The van der Waals surface area contributed by atoms with Crippen molar-refractivity contribution in [2.75, 3.05) is 0 Å². The van der Waals surface area contributed by atoms with Crippen LogP contribution in [0.4, 0.5) is 0 Å². The standard InChI is InChI=1S/C19H37NO/c1-15(2)20-17(21)19(5,6)14-18(3,4)16-12-10-8-7-9-11-13-16/h15-16H,7-14H2,1-6H3,(H,20,21). The molecular formula is C19H37NO. The maximum absolute atomic E-state index is 12.4. The van der Waals surface area contributed by atoms with Gasteiger partial charge >= 0.3 is 0 Å². The largest absolute Gasteiger partial charge is 0.353 e. The van der Waals surface area contributed by atoms with E-state index in [0.717, 1.165) is 12.3 Å². The summed E-state index contributed by atoms with van der Waals surface area (Å²) in [6, 6.07) is 0.223. The monoisotopic (exact) mass is 295 g/mol. The lowest BCUT2D eigenvalue weighted by molar-refractivity contribution is -0.132. The molecule has 1 amide bonds. The van der Waals surface area contributed by atoms with E-state index in [9.17, 15) is 4.79 Å². The minimum atomic E-state index is -0.282. The number of nitrogens with one attached hydrogen (secondary N) is 1. The smallest absolute Gasteiger partial charge is 0.225 e. The first-order chi connectivity index (χ1) is 9.65. The van der Waals surface area contributed by atoms with E-state index in [4.69, 9.17) is 0 Å². The normalized spacial score (nSPS) is 19.2. The number of hydrogen-bond donors (Lipinski definition) is 1. The molecule has 0 bridgehead atoms. The molecule has 1 aliphatic carbocycles. The van der Waals surface area contributed by atoms with Gasteiger partial charge in [-0.05, 0) is 44.4 Å². The third-order valence-corrected chi connectivity index (χ3v) is 5.14. The van der Waals surface area contributed by atoms with Gasteiger partial charge in [0.25, 0.3) is 0 Å². The third kappa shape index (κ3) is 6.00. The van der Waals surface area contributed by atoms with Gasteiger partial charge in [0, 0.05) is 11.5 Å². The van der Waals surface area contributed by atoms with Crippen molar-refractivity contribution >= 4 is 5.91 Å². The summed E-state index contributed by atoms with van der Waals surface area (Å²) >= 11 is 0. The molecule has 0 aromatic rings. The quantitative estimate of drug-likeness (QED) is 0.731. The molecule has 1 rings (SSSR count). The van der Waals surface area contributed by atoms with E-state index >= 15 is 0 Å². The van der Waals surface area contributed by atoms with E-state index in [2.05, 4.69) is 33.0 Å². The van der Waals surface area contributed by atoms with Crippen LogP contribution in [0.1, 0.15) is 92.9 Å². The van der Waals surface area contributed by atoms with Crippen LogP contribution >= 0.6 is 0 Å². The van der Waals surface area contributed by atoms with Crippen molar-refractivity contribution in [1.82, 2.24) is 5.32 Å². The Kier molecular flexibility index (Phi) is 6.74. The molecule has 1 N–H and O–H groups in total. The van der Waals surface area contributed by atoms with Crippen molar-refractivity contribution in [3.8, 4) is 0 Å². The van der Waals surface area contributed by atoms with E-state index in [-0.39, 0.29) is 22.8 Å². The number of amides is 1. The van der Waals surface area contributed by atoms with Crippen molar-refractivity contribution in [3.05, 3.63) is 0 Å². The molecule has 2 nitrogen and oxygen atoms in total. The zero-order valence-corrected chi connectivity index (χ0v) is 15.2. The summed E-state index contributed by atoms with van der Waals surface area (Å²) in [5.74, 6) is 0.973. The fraction of sp³-hybridized carbons (Fsp3) is 0.947. The van der Waals surface area contributed by atoms with Crippen molar-refractivity contribution in [2.24, 2.45) is 16.7 Å². The second-order valence-electron chi connectivity index (χ2n) is 8.72. The summed E-state index contributed by atoms with van der Waals surface area (Å²) in [4.78, 5) is 12.4. The minimum Gasteiger partial charge on any atom is -0.353 e. The lowest BCUT2D eigenvalue weighted by atomic mass is 9.65. The summed E-state index contributed by atoms with van der Waals surface area (Å²) in [5, 5.41) is 3.09. The van der Waals surface area contributed by atoms with Crippen LogP contribution in [0, 0.1) is 16.7 Å². The van der Waals surface area contributed by atoms with Crippen molar-refractivity contribution in [1.29, 1.82) is 0 Å². The van der Waals surface area contributed by atoms with Crippen LogP contribution in [-0.4, -0.2) is 11.9 Å². The van der Waals surface area contributed by atoms with Crippen LogP contribution in [0.5, 0.6) is 0 Å². The average molecular weight is 296 g/mol. The molecule has 1 aliphatic rings. The Labute approximate surface area is 132 Å². The molecule has 0 aliphatic heterocycles. The predicted octanol–water partition coefficient (Wildman–Crippen LogP) is 5.31. The van der Waals surface area contributed by atoms with E-state index in [1.54, 1.807) is 0 Å². The highest BCUT2D eigenvalue weighted by Gasteiger charge is 2.38. The topological polar surface area (TPSA) is 29.1 Å². The second kappa shape index (κ2) is 7.65. The van der Waals surface area contributed by atoms with Gasteiger partial charge in [-0.2, -0.15) is 0 Å². The molecular weight excluding hydrogens is 258 g/mol. The first-order valence-electron chi connectivity index (χ1n) is 8.96. The summed E-state index contributed by atoms with van der Waals surface area (Å²) < 4.78 is 0. The molecule has 2 heteroatoms. The molecule has 1 fully saturated rings. The Balaban J connectivity index is 2.69. The molecule has 0 atom stereocenters. The predicted molar refractivity (Wildman–Crippen MR) is 91.3 cm³/mol. The van der Waals surface area contributed by atoms with Gasteiger partial charge in [-0.1, -0.05) is 59.8 Å². The highest BCUT2D eigenvalue weighted by atomic mass is 16.2. The molecule has 0 aromatic carbocycles. The molecule has 0 saturated heterocycles. The van der Waals surface area contributed by atoms with Gasteiger partial charge in [0.05, 0.1) is 0 Å². The number of rotatable bonds is 5. The van der Waals surface area contributed by atoms with E-state index in [0.29, 0.717) is 0 Å². The van der Waals surface area contributed by atoms with Crippen LogP contribution in [0.3, 0.4) is 0 Å². The molecule has 0 unspecified atom stereocenters. The van der Waals surface area contributed by atoms with Gasteiger partial charge in [-0.15, -0.1) is 0 Å². The van der Waals surface area contributed by atoms with Gasteiger partial charge in [0.2, 0.25) is 5.91 Å². The van der Waals surface area contributed by atoms with E-state index in [1.807, 2.05) is 13.8 Å². The maximum atomic E-state index is 12.4. The summed E-state index contributed by atoms with van der Waals surface area (Å²) in [6.07, 6.45) is 10.6. The van der Waals surface area contributed by atoms with Crippen LogP contribution in [-0.2, 0) is 4.79 Å². The van der Waals surface area contributed by atoms with Gasteiger partial charge in [0.1, 0.15) is 0 Å². The van der Waals surface area contributed by atoms with Crippen LogP contribution in [0.2, 0.25) is 0 Å². The van der Waals surface area contributed by atoms with Gasteiger partial charge in [0.15, 0.2) is 0 Å². The molecule has 0 radical (unpaired) electrons. The molecule has 21 heavy (non-hydrogen) atoms. The Hall–Kier alpha value is -0.530. The number of hydrogen-bond acceptors (Lipinski definition) is 1. The van der Waals surface area contributed by atoms with Gasteiger partial charge < -0.3 is 5.32 Å². The molecule has 0 aromatic heterocycles. The highest BCUT2D eigenvalue weighted by molar-refractivity contribution is 5.82. The molecule has 0 heterocycles. The SMILES string of the molecule is CC(C)NC(=O)C(C)(C)CC(C)(C)C1CCCCCCC1. The highest BCUT2D eigenvalue weighted by Crippen LogP contribution is 2.44. The Morgan fingerprint density at radius 1 is 1.00 bits per heavy atom. The summed E-state index contributed by atoms with van der Waals surface area (Å²) in [6.45, 7) is 13.0. The van der Waals surface area contributed by atoms with E-state index < -0.39 is 0 Å². The number of carbonyl (C=O) groups excluding carboxylic acids is 1. The Bertz CT molecular complexity index is 322. The number of carbonyl (C=O) groups is 1. The van der Waals surface area contributed by atoms with Gasteiger partial charge in [-0.25, -0.2) is 0 Å². The molecule has 1 saturated carbocycles. The fourth-order valence-electron chi connectivity index (χ4n) is 4.06. The van der Waals surface area contributed by atoms with Crippen molar-refractivity contribution in [2.45, 2.75) is 99.0 Å². The van der Waals surface area contributed by atoms with E-state index in [1.165, 1.54) is 44.9 Å². The Morgan fingerprint density at radius 3 is 1.95 bits per heavy atom. The Morgan fingerprint density at radius 2 is 1.48 bits per heavy atom. The molecule has 0 spiro atoms. The van der Waals surface area contributed by atoms with Crippen molar-refractivity contribution < 1.29 is 4.79 Å². The maximum Gasteiger partial charge on any atom is 0.225 e. The fourth-order valence-corrected chi connectivity index (χ4v) is 4.06. The van der Waals surface area contributed by atoms with Crippen molar-refractivity contribution in [3.63, 3.8) is 0 Å². The first-order valence-corrected chi connectivity index (χ1v) is 8.96. The van der Waals surface area contributed by atoms with Crippen LogP contribution in [0.25, 0.3) is 0 Å². The zero-order chi connectivity index (χ0) is 16.1.